The molecule has 2 N–H and O–H groups in total. The summed E-state index contributed by atoms with van der Waals surface area (Å²) in [6, 6.07) is 12.8. The van der Waals surface area contributed by atoms with Crippen LogP contribution in [-0.4, -0.2) is 21.4 Å². The second kappa shape index (κ2) is 7.12. The molecule has 1 atom stereocenters. The van der Waals surface area contributed by atoms with E-state index in [4.69, 9.17) is 11.6 Å². The lowest BCUT2D eigenvalue weighted by atomic mass is 10.1. The Morgan fingerprint density at radius 3 is 2.48 bits per heavy atom. The van der Waals surface area contributed by atoms with Crippen LogP contribution in [0.4, 0.5) is 0 Å². The average Bonchev–Trinajstić information content (AvgIpc) is 2.55. The van der Waals surface area contributed by atoms with Gasteiger partial charge in [-0.05, 0) is 49.9 Å². The van der Waals surface area contributed by atoms with Crippen LogP contribution in [0.15, 0.2) is 53.4 Å². The standard InChI is InChI=1S/C16H17ClN2O3S/c1-11(12-5-3-7-14(17)9-12)19-16(20)13-6-4-8-15(10-13)23(21,22)18-2/h3-11,18H,1-2H3,(H,19,20)/t11-/m0/s1. The Balaban J connectivity index is 2.20. The number of hydrogen-bond acceptors (Lipinski definition) is 3. The van der Waals surface area contributed by atoms with Gasteiger partial charge in [0, 0.05) is 10.6 Å². The second-order valence-electron chi connectivity index (χ2n) is 4.99. The van der Waals surface area contributed by atoms with Gasteiger partial charge >= 0.3 is 0 Å². The highest BCUT2D eigenvalue weighted by atomic mass is 35.5. The number of sulfonamides is 1. The van der Waals surface area contributed by atoms with Crippen molar-refractivity contribution in [3.8, 4) is 0 Å². The maximum atomic E-state index is 12.3. The molecule has 2 rings (SSSR count). The molecule has 23 heavy (non-hydrogen) atoms. The zero-order valence-corrected chi connectivity index (χ0v) is 14.3. The lowest BCUT2D eigenvalue weighted by molar-refractivity contribution is 0.0939. The van der Waals surface area contributed by atoms with Gasteiger partial charge in [0.1, 0.15) is 0 Å². The number of amides is 1. The fraction of sp³-hybridized carbons (Fsp3) is 0.188. The molecule has 0 heterocycles. The first kappa shape index (κ1) is 17.5. The van der Waals surface area contributed by atoms with E-state index in [0.29, 0.717) is 5.02 Å². The minimum Gasteiger partial charge on any atom is -0.346 e. The summed E-state index contributed by atoms with van der Waals surface area (Å²) in [7, 11) is -2.27. The van der Waals surface area contributed by atoms with Crippen LogP contribution in [-0.2, 0) is 10.0 Å². The fourth-order valence-electron chi connectivity index (χ4n) is 2.06. The topological polar surface area (TPSA) is 75.3 Å². The zero-order valence-electron chi connectivity index (χ0n) is 12.7. The van der Waals surface area contributed by atoms with E-state index in [0.717, 1.165) is 5.56 Å². The van der Waals surface area contributed by atoms with Crippen LogP contribution < -0.4 is 10.0 Å². The molecule has 5 nitrogen and oxygen atoms in total. The molecule has 0 radical (unpaired) electrons. The molecule has 2 aromatic carbocycles. The smallest absolute Gasteiger partial charge is 0.251 e. The van der Waals surface area contributed by atoms with E-state index in [2.05, 4.69) is 10.0 Å². The van der Waals surface area contributed by atoms with Crippen molar-refractivity contribution < 1.29 is 13.2 Å². The van der Waals surface area contributed by atoms with Crippen molar-refractivity contribution >= 4 is 27.5 Å². The van der Waals surface area contributed by atoms with E-state index in [1.54, 1.807) is 24.3 Å². The van der Waals surface area contributed by atoms with Gasteiger partial charge in [-0.15, -0.1) is 0 Å². The molecular weight excluding hydrogens is 336 g/mol. The molecule has 0 aliphatic carbocycles. The highest BCUT2D eigenvalue weighted by molar-refractivity contribution is 7.89. The van der Waals surface area contributed by atoms with Crippen LogP contribution in [0.5, 0.6) is 0 Å². The van der Waals surface area contributed by atoms with Crippen LogP contribution in [0.3, 0.4) is 0 Å². The summed E-state index contributed by atoms with van der Waals surface area (Å²) in [5.74, 6) is -0.356. The van der Waals surface area contributed by atoms with Crippen molar-refractivity contribution in [1.82, 2.24) is 10.0 Å². The molecule has 2 aromatic rings. The van der Waals surface area contributed by atoms with Gasteiger partial charge in [0.05, 0.1) is 10.9 Å². The molecule has 0 bridgehead atoms. The van der Waals surface area contributed by atoms with Crippen LogP contribution in [0.2, 0.25) is 5.02 Å². The van der Waals surface area contributed by atoms with Gasteiger partial charge in [-0.25, -0.2) is 13.1 Å². The predicted octanol–water partition coefficient (Wildman–Crippen LogP) is 2.74. The molecule has 0 saturated carbocycles. The number of carbonyl (C=O) groups excluding carboxylic acids is 1. The third-order valence-electron chi connectivity index (χ3n) is 3.37. The van der Waals surface area contributed by atoms with Crippen molar-refractivity contribution in [3.05, 3.63) is 64.7 Å². The summed E-state index contributed by atoms with van der Waals surface area (Å²) in [5, 5.41) is 3.41. The molecule has 0 fully saturated rings. The molecule has 122 valence electrons. The van der Waals surface area contributed by atoms with E-state index < -0.39 is 10.0 Å². The summed E-state index contributed by atoms with van der Waals surface area (Å²) < 4.78 is 25.8. The summed E-state index contributed by atoms with van der Waals surface area (Å²) >= 11 is 5.94. The predicted molar refractivity (Wildman–Crippen MR) is 90.0 cm³/mol. The van der Waals surface area contributed by atoms with Gasteiger partial charge in [0.25, 0.3) is 5.91 Å². The Hall–Kier alpha value is -1.89. The second-order valence-corrected chi connectivity index (χ2v) is 7.31. The maximum absolute atomic E-state index is 12.3. The summed E-state index contributed by atoms with van der Waals surface area (Å²) in [6.07, 6.45) is 0. The largest absolute Gasteiger partial charge is 0.346 e. The molecule has 0 aliphatic rings. The highest BCUT2D eigenvalue weighted by Crippen LogP contribution is 2.18. The van der Waals surface area contributed by atoms with Gasteiger partial charge in [0.15, 0.2) is 0 Å². The van der Waals surface area contributed by atoms with E-state index in [1.165, 1.54) is 25.2 Å². The third kappa shape index (κ3) is 4.31. The van der Waals surface area contributed by atoms with Crippen molar-refractivity contribution in [2.45, 2.75) is 17.9 Å². The summed E-state index contributed by atoms with van der Waals surface area (Å²) in [5.41, 5.74) is 1.14. The van der Waals surface area contributed by atoms with Gasteiger partial charge in [-0.3, -0.25) is 4.79 Å². The normalized spacial score (nSPS) is 12.7. The first-order valence-electron chi connectivity index (χ1n) is 6.93. The number of hydrogen-bond donors (Lipinski definition) is 2. The number of benzene rings is 2. The van der Waals surface area contributed by atoms with E-state index in [1.807, 2.05) is 13.0 Å². The lowest BCUT2D eigenvalue weighted by Gasteiger charge is -2.15. The highest BCUT2D eigenvalue weighted by Gasteiger charge is 2.16. The third-order valence-corrected chi connectivity index (χ3v) is 5.02. The quantitative estimate of drug-likeness (QED) is 0.868. The molecule has 0 saturated heterocycles. The average molecular weight is 353 g/mol. The minimum absolute atomic E-state index is 0.0445. The number of nitrogens with one attached hydrogen (secondary N) is 2. The van der Waals surface area contributed by atoms with Crippen LogP contribution in [0, 0.1) is 0 Å². The Kier molecular flexibility index (Phi) is 5.41. The fourth-order valence-corrected chi connectivity index (χ4v) is 3.04. The van der Waals surface area contributed by atoms with E-state index in [9.17, 15) is 13.2 Å². The lowest BCUT2D eigenvalue weighted by Crippen LogP contribution is -2.27. The Labute approximate surface area is 140 Å². The SMILES string of the molecule is CNS(=O)(=O)c1cccc(C(=O)N[C@@H](C)c2cccc(Cl)c2)c1. The van der Waals surface area contributed by atoms with Crippen LogP contribution in [0.25, 0.3) is 0 Å². The van der Waals surface area contributed by atoms with Crippen molar-refractivity contribution in [1.29, 1.82) is 0 Å². The van der Waals surface area contributed by atoms with Crippen molar-refractivity contribution in [3.63, 3.8) is 0 Å². The maximum Gasteiger partial charge on any atom is 0.251 e. The number of rotatable bonds is 5. The number of halogens is 1. The van der Waals surface area contributed by atoms with Crippen LogP contribution in [0.1, 0.15) is 28.9 Å². The van der Waals surface area contributed by atoms with Crippen LogP contribution >= 0.6 is 11.6 Å². The molecular formula is C16H17ClN2O3S. The summed E-state index contributed by atoms with van der Waals surface area (Å²) in [4.78, 5) is 12.4. The van der Waals surface area contributed by atoms with E-state index in [-0.39, 0.29) is 22.4 Å². The van der Waals surface area contributed by atoms with Crippen molar-refractivity contribution in [2.75, 3.05) is 7.05 Å². The first-order chi connectivity index (χ1) is 10.8. The first-order valence-corrected chi connectivity index (χ1v) is 8.79. The molecule has 7 heteroatoms. The van der Waals surface area contributed by atoms with E-state index >= 15 is 0 Å². The monoisotopic (exact) mass is 352 g/mol. The molecule has 0 aliphatic heterocycles. The Morgan fingerprint density at radius 1 is 1.13 bits per heavy atom. The molecule has 0 spiro atoms. The zero-order chi connectivity index (χ0) is 17.0. The van der Waals surface area contributed by atoms with Crippen molar-refractivity contribution in [2.24, 2.45) is 0 Å². The minimum atomic E-state index is -3.59. The molecule has 0 aromatic heterocycles. The summed E-state index contributed by atoms with van der Waals surface area (Å²) in [6.45, 7) is 1.83. The number of carbonyl (C=O) groups is 1. The van der Waals surface area contributed by atoms with Gasteiger partial charge in [-0.1, -0.05) is 29.8 Å². The van der Waals surface area contributed by atoms with Gasteiger partial charge < -0.3 is 5.32 Å². The molecule has 0 unspecified atom stereocenters. The Bertz CT molecular complexity index is 822. The molecule has 1 amide bonds. The Morgan fingerprint density at radius 2 is 1.83 bits per heavy atom. The van der Waals surface area contributed by atoms with Gasteiger partial charge in [-0.2, -0.15) is 0 Å². The van der Waals surface area contributed by atoms with Gasteiger partial charge in [0.2, 0.25) is 10.0 Å².